The molecular weight excluding hydrogens is 232 g/mol. The molecule has 0 unspecified atom stereocenters. The molecule has 0 saturated carbocycles. The van der Waals surface area contributed by atoms with Crippen LogP contribution < -0.4 is 5.56 Å². The largest absolute Gasteiger partial charge is 0.504 e. The second-order valence-electron chi connectivity index (χ2n) is 3.29. The van der Waals surface area contributed by atoms with E-state index in [1.165, 1.54) is 16.9 Å². The molecule has 1 aromatic carbocycles. The van der Waals surface area contributed by atoms with Crippen LogP contribution >= 0.6 is 11.6 Å². The second kappa shape index (κ2) is 3.68. The second-order valence-corrected chi connectivity index (χ2v) is 3.66. The molecule has 0 spiro atoms. The molecular formula is C10H9ClN2O3. The van der Waals surface area contributed by atoms with E-state index in [1.807, 2.05) is 0 Å². The van der Waals surface area contributed by atoms with Crippen molar-refractivity contribution in [3.8, 4) is 11.5 Å². The molecule has 0 bridgehead atoms. The molecule has 1 aromatic heterocycles. The Morgan fingerprint density at radius 3 is 2.75 bits per heavy atom. The highest BCUT2D eigenvalue weighted by Crippen LogP contribution is 2.37. The van der Waals surface area contributed by atoms with Crippen molar-refractivity contribution < 1.29 is 10.2 Å². The molecule has 5 nitrogen and oxygen atoms in total. The molecule has 2 aromatic rings. The molecule has 0 amide bonds. The number of phenols is 2. The molecule has 0 atom stereocenters. The predicted molar refractivity (Wildman–Crippen MR) is 60.0 cm³/mol. The summed E-state index contributed by atoms with van der Waals surface area (Å²) in [5.41, 5.74) is -0.350. The van der Waals surface area contributed by atoms with Gasteiger partial charge in [-0.2, -0.15) is 5.10 Å². The number of benzene rings is 1. The number of aromatic nitrogens is 2. The van der Waals surface area contributed by atoms with Crippen molar-refractivity contribution in [2.75, 3.05) is 0 Å². The Hall–Kier alpha value is -1.75. The molecule has 0 saturated heterocycles. The zero-order chi connectivity index (χ0) is 11.9. The van der Waals surface area contributed by atoms with Gasteiger partial charge in [-0.3, -0.25) is 4.79 Å². The number of hydrogen-bond donors (Lipinski definition) is 2. The first kappa shape index (κ1) is 10.8. The van der Waals surface area contributed by atoms with Crippen LogP contribution in [-0.2, 0) is 6.54 Å². The number of rotatable bonds is 1. The molecule has 0 aliphatic heterocycles. The maximum absolute atomic E-state index is 11.8. The van der Waals surface area contributed by atoms with Gasteiger partial charge in [-0.05, 0) is 13.0 Å². The summed E-state index contributed by atoms with van der Waals surface area (Å²) in [6.07, 6.45) is 1.39. The minimum atomic E-state index is -0.440. The van der Waals surface area contributed by atoms with Gasteiger partial charge in [0, 0.05) is 11.9 Å². The summed E-state index contributed by atoms with van der Waals surface area (Å²) in [5.74, 6) is -0.854. The zero-order valence-electron chi connectivity index (χ0n) is 8.44. The summed E-state index contributed by atoms with van der Waals surface area (Å²) in [5, 5.41) is 23.2. The van der Waals surface area contributed by atoms with Crippen LogP contribution in [0, 0.1) is 0 Å². The fourth-order valence-corrected chi connectivity index (χ4v) is 1.74. The number of nitrogens with zero attached hydrogens (tertiary/aromatic N) is 2. The van der Waals surface area contributed by atoms with Gasteiger partial charge in [-0.25, -0.2) is 4.68 Å². The SMILES string of the molecule is CCn1ncc2c(Cl)c(O)c(O)cc2c1=O. The lowest BCUT2D eigenvalue weighted by molar-refractivity contribution is 0.405. The molecule has 0 fully saturated rings. The van der Waals surface area contributed by atoms with E-state index in [9.17, 15) is 15.0 Å². The van der Waals surface area contributed by atoms with Crippen LogP contribution in [-0.4, -0.2) is 20.0 Å². The number of hydrogen-bond acceptors (Lipinski definition) is 4. The topological polar surface area (TPSA) is 75.3 Å². The molecule has 84 valence electrons. The van der Waals surface area contributed by atoms with Crippen LogP contribution in [0.3, 0.4) is 0 Å². The third-order valence-corrected chi connectivity index (χ3v) is 2.73. The van der Waals surface area contributed by atoms with Crippen molar-refractivity contribution in [3.05, 3.63) is 27.6 Å². The Morgan fingerprint density at radius 1 is 1.44 bits per heavy atom. The number of aromatic hydroxyl groups is 2. The van der Waals surface area contributed by atoms with Crippen LogP contribution in [0.25, 0.3) is 10.8 Å². The Morgan fingerprint density at radius 2 is 2.12 bits per heavy atom. The molecule has 16 heavy (non-hydrogen) atoms. The van der Waals surface area contributed by atoms with Crippen molar-refractivity contribution in [1.29, 1.82) is 0 Å². The van der Waals surface area contributed by atoms with Crippen LogP contribution in [0.5, 0.6) is 11.5 Å². The number of fused-ring (bicyclic) bond motifs is 1. The van der Waals surface area contributed by atoms with E-state index >= 15 is 0 Å². The minimum absolute atomic E-state index is 0.0668. The van der Waals surface area contributed by atoms with Gasteiger partial charge in [0.2, 0.25) is 0 Å². The monoisotopic (exact) mass is 240 g/mol. The Kier molecular flexibility index (Phi) is 2.47. The quantitative estimate of drug-likeness (QED) is 0.741. The minimum Gasteiger partial charge on any atom is -0.504 e. The van der Waals surface area contributed by atoms with Crippen molar-refractivity contribution in [2.45, 2.75) is 13.5 Å². The molecule has 2 rings (SSSR count). The van der Waals surface area contributed by atoms with Gasteiger partial charge >= 0.3 is 0 Å². The molecule has 0 radical (unpaired) electrons. The van der Waals surface area contributed by atoms with E-state index in [0.29, 0.717) is 11.9 Å². The Balaban J connectivity index is 2.97. The van der Waals surface area contributed by atoms with Gasteiger partial charge in [0.25, 0.3) is 5.56 Å². The van der Waals surface area contributed by atoms with Gasteiger partial charge in [0.05, 0.1) is 16.6 Å². The van der Waals surface area contributed by atoms with Crippen LogP contribution in [0.15, 0.2) is 17.1 Å². The lowest BCUT2D eigenvalue weighted by Crippen LogP contribution is -2.21. The van der Waals surface area contributed by atoms with E-state index in [-0.39, 0.29) is 16.0 Å². The van der Waals surface area contributed by atoms with Crippen LogP contribution in [0.4, 0.5) is 0 Å². The predicted octanol–water partition coefficient (Wildman–Crippen LogP) is 1.48. The average molecular weight is 241 g/mol. The lowest BCUT2D eigenvalue weighted by atomic mass is 10.2. The van der Waals surface area contributed by atoms with Gasteiger partial charge in [-0.1, -0.05) is 11.6 Å². The lowest BCUT2D eigenvalue weighted by Gasteiger charge is -2.06. The summed E-state index contributed by atoms with van der Waals surface area (Å²) in [6, 6.07) is 1.19. The summed E-state index contributed by atoms with van der Waals surface area (Å²) in [6.45, 7) is 2.20. The first-order chi connectivity index (χ1) is 7.56. The number of aryl methyl sites for hydroxylation is 1. The fraction of sp³-hybridized carbons (Fsp3) is 0.200. The molecule has 0 aliphatic carbocycles. The van der Waals surface area contributed by atoms with Gasteiger partial charge < -0.3 is 10.2 Å². The fourth-order valence-electron chi connectivity index (χ4n) is 1.49. The zero-order valence-corrected chi connectivity index (χ0v) is 9.19. The normalized spacial score (nSPS) is 10.9. The van der Waals surface area contributed by atoms with E-state index < -0.39 is 11.5 Å². The summed E-state index contributed by atoms with van der Waals surface area (Å²) in [7, 11) is 0. The van der Waals surface area contributed by atoms with Crippen molar-refractivity contribution in [2.24, 2.45) is 0 Å². The highest BCUT2D eigenvalue weighted by molar-refractivity contribution is 6.37. The maximum atomic E-state index is 11.8. The Bertz CT molecular complexity index is 621. The third kappa shape index (κ3) is 1.40. The Labute approximate surface area is 95.5 Å². The van der Waals surface area contributed by atoms with Crippen LogP contribution in [0.1, 0.15) is 6.92 Å². The highest BCUT2D eigenvalue weighted by Gasteiger charge is 2.13. The molecule has 6 heteroatoms. The number of halogens is 1. The standard InChI is InChI=1S/C10H9ClN2O3/c1-2-13-10(16)5-3-7(14)9(15)8(11)6(5)4-12-13/h3-4,14-15H,2H2,1H3. The van der Waals surface area contributed by atoms with Gasteiger partial charge in [-0.15, -0.1) is 0 Å². The average Bonchev–Trinajstić information content (AvgIpc) is 2.28. The summed E-state index contributed by atoms with van der Waals surface area (Å²) in [4.78, 5) is 11.8. The number of phenolic OH excluding ortho intramolecular Hbond substituents is 2. The molecule has 1 heterocycles. The third-order valence-electron chi connectivity index (χ3n) is 2.35. The van der Waals surface area contributed by atoms with Crippen LogP contribution in [0.2, 0.25) is 5.02 Å². The van der Waals surface area contributed by atoms with E-state index in [0.717, 1.165) is 0 Å². The van der Waals surface area contributed by atoms with Gasteiger partial charge in [0.15, 0.2) is 11.5 Å². The summed E-state index contributed by atoms with van der Waals surface area (Å²) < 4.78 is 1.25. The van der Waals surface area contributed by atoms with E-state index in [1.54, 1.807) is 6.92 Å². The van der Waals surface area contributed by atoms with Crippen molar-refractivity contribution in [3.63, 3.8) is 0 Å². The van der Waals surface area contributed by atoms with E-state index in [4.69, 9.17) is 11.6 Å². The molecule has 0 aliphatic rings. The molecule has 2 N–H and O–H groups in total. The first-order valence-corrected chi connectivity index (χ1v) is 5.04. The van der Waals surface area contributed by atoms with Crippen molar-refractivity contribution >= 4 is 22.4 Å². The van der Waals surface area contributed by atoms with Crippen molar-refractivity contribution in [1.82, 2.24) is 9.78 Å². The first-order valence-electron chi connectivity index (χ1n) is 4.66. The van der Waals surface area contributed by atoms with Gasteiger partial charge in [0.1, 0.15) is 0 Å². The maximum Gasteiger partial charge on any atom is 0.274 e. The summed E-state index contributed by atoms with van der Waals surface area (Å²) >= 11 is 5.80. The van der Waals surface area contributed by atoms with E-state index in [2.05, 4.69) is 5.10 Å². The highest BCUT2D eigenvalue weighted by atomic mass is 35.5. The smallest absolute Gasteiger partial charge is 0.274 e.